The second-order valence-electron chi connectivity index (χ2n) is 2.48. The van der Waals surface area contributed by atoms with Crippen molar-refractivity contribution in [3.63, 3.8) is 0 Å². The maximum Gasteiger partial charge on any atom is 0.0249 e. The Kier molecular flexibility index (Phi) is 2.72. The Balaban J connectivity index is 2.81. The Morgan fingerprint density at radius 3 is 2.70 bits per heavy atom. The summed E-state index contributed by atoms with van der Waals surface area (Å²) in [4.78, 5) is 0. The van der Waals surface area contributed by atoms with E-state index in [9.17, 15) is 0 Å². The quantitative estimate of drug-likeness (QED) is 0.492. The minimum Gasteiger partial charge on any atom is -0.0952 e. The molecule has 0 nitrogen and oxygen atoms in total. The summed E-state index contributed by atoms with van der Waals surface area (Å²) in [5.41, 5.74) is 3.76. The lowest BCUT2D eigenvalue weighted by molar-refractivity contribution is 0.954. The average Bonchev–Trinajstić information content (AvgIpc) is 1.95. The molecule has 1 aliphatic rings. The van der Waals surface area contributed by atoms with Gasteiger partial charge in [-0.05, 0) is 29.6 Å². The third kappa shape index (κ3) is 1.51. The molecule has 0 aromatic rings. The van der Waals surface area contributed by atoms with Crippen LogP contribution in [0.25, 0.3) is 0 Å². The second-order valence-corrected chi connectivity index (χ2v) is 3.25. The molecule has 1 heteroatoms. The van der Waals surface area contributed by atoms with Crippen LogP contribution in [-0.2, 0) is 0 Å². The molecule has 0 unspecified atom stereocenters. The van der Waals surface area contributed by atoms with Crippen LogP contribution in [0.2, 0.25) is 0 Å². The van der Waals surface area contributed by atoms with E-state index in [1.54, 1.807) is 0 Å². The maximum absolute atomic E-state index is 3.97. The summed E-state index contributed by atoms with van der Waals surface area (Å²) in [5, 5.41) is 0. The summed E-state index contributed by atoms with van der Waals surface area (Å²) in [5.74, 6) is 0. The van der Waals surface area contributed by atoms with E-state index in [2.05, 4.69) is 41.8 Å². The van der Waals surface area contributed by atoms with Gasteiger partial charge in [-0.15, -0.1) is 0 Å². The lowest BCUT2D eigenvalue weighted by Gasteiger charge is -2.15. The van der Waals surface area contributed by atoms with E-state index >= 15 is 0 Å². The molecular formula is C9H11I. The Hall–Kier alpha value is -0.0500. The third-order valence-electron chi connectivity index (χ3n) is 1.80. The zero-order valence-corrected chi connectivity index (χ0v) is 8.15. The van der Waals surface area contributed by atoms with E-state index in [1.807, 2.05) is 0 Å². The predicted octanol–water partition coefficient (Wildman–Crippen LogP) is 3.25. The largest absolute Gasteiger partial charge is 0.0952 e. The van der Waals surface area contributed by atoms with Crippen LogP contribution in [0.5, 0.6) is 0 Å². The maximum atomic E-state index is 3.97. The van der Waals surface area contributed by atoms with Crippen molar-refractivity contribution in [1.82, 2.24) is 0 Å². The van der Waals surface area contributed by atoms with Crippen molar-refractivity contribution in [2.24, 2.45) is 0 Å². The second kappa shape index (κ2) is 3.37. The van der Waals surface area contributed by atoms with Crippen LogP contribution in [0.4, 0.5) is 0 Å². The number of allylic oxidation sites excluding steroid dienone is 4. The van der Waals surface area contributed by atoms with Gasteiger partial charge < -0.3 is 0 Å². The van der Waals surface area contributed by atoms with Gasteiger partial charge in [-0.25, -0.2) is 0 Å². The van der Waals surface area contributed by atoms with Gasteiger partial charge in [-0.2, -0.15) is 0 Å². The smallest absolute Gasteiger partial charge is 0.0249 e. The van der Waals surface area contributed by atoms with E-state index in [0.717, 1.165) is 17.3 Å². The molecule has 0 radical (unpaired) electrons. The van der Waals surface area contributed by atoms with Crippen LogP contribution < -0.4 is 0 Å². The van der Waals surface area contributed by atoms with E-state index < -0.39 is 0 Å². The summed E-state index contributed by atoms with van der Waals surface area (Å²) in [6, 6.07) is 0. The highest BCUT2D eigenvalue weighted by atomic mass is 127. The lowest BCUT2D eigenvalue weighted by Crippen LogP contribution is -1.98. The molecule has 0 atom stereocenters. The van der Waals surface area contributed by atoms with Crippen molar-refractivity contribution in [3.8, 4) is 0 Å². The van der Waals surface area contributed by atoms with Crippen LogP contribution in [0.15, 0.2) is 36.0 Å². The van der Waals surface area contributed by atoms with E-state index in [4.69, 9.17) is 0 Å². The Labute approximate surface area is 75.8 Å². The van der Waals surface area contributed by atoms with Crippen molar-refractivity contribution >= 4 is 22.6 Å². The van der Waals surface area contributed by atoms with Gasteiger partial charge in [0.15, 0.2) is 0 Å². The highest BCUT2D eigenvalue weighted by Crippen LogP contribution is 2.27. The van der Waals surface area contributed by atoms with Crippen molar-refractivity contribution in [1.29, 1.82) is 0 Å². The van der Waals surface area contributed by atoms with Crippen molar-refractivity contribution in [3.05, 3.63) is 36.0 Å². The average molecular weight is 246 g/mol. The van der Waals surface area contributed by atoms with Gasteiger partial charge >= 0.3 is 0 Å². The molecule has 0 aromatic heterocycles. The molecule has 0 saturated heterocycles. The molecule has 1 rings (SSSR count). The topological polar surface area (TPSA) is 0 Å². The van der Waals surface area contributed by atoms with Crippen LogP contribution >= 0.6 is 22.6 Å². The molecule has 0 fully saturated rings. The van der Waals surface area contributed by atoms with Gasteiger partial charge in [0.25, 0.3) is 0 Å². The summed E-state index contributed by atoms with van der Waals surface area (Å²) in [6.45, 7) is 7.92. The molecule has 1 aliphatic carbocycles. The summed E-state index contributed by atoms with van der Waals surface area (Å²) >= 11 is 2.36. The standard InChI is InChI=1S/C9H11I/c1-7-4-3-5-9(6-10)8(7)2/h5H,1-4,6H2. The molecule has 0 amide bonds. The van der Waals surface area contributed by atoms with Crippen LogP contribution in [0, 0.1) is 0 Å². The van der Waals surface area contributed by atoms with Gasteiger partial charge in [-0.3, -0.25) is 0 Å². The van der Waals surface area contributed by atoms with Crippen molar-refractivity contribution in [2.45, 2.75) is 12.8 Å². The first-order valence-corrected chi connectivity index (χ1v) is 4.90. The Morgan fingerprint density at radius 1 is 1.50 bits per heavy atom. The number of hydrogen-bond acceptors (Lipinski definition) is 0. The molecule has 10 heavy (non-hydrogen) atoms. The zero-order valence-electron chi connectivity index (χ0n) is 5.99. The first-order valence-electron chi connectivity index (χ1n) is 3.38. The predicted molar refractivity (Wildman–Crippen MR) is 54.5 cm³/mol. The van der Waals surface area contributed by atoms with Crippen LogP contribution in [0.3, 0.4) is 0 Å². The molecule has 0 saturated carbocycles. The number of rotatable bonds is 1. The molecule has 0 heterocycles. The molecule has 0 N–H and O–H groups in total. The van der Waals surface area contributed by atoms with Gasteiger partial charge in [0.2, 0.25) is 0 Å². The van der Waals surface area contributed by atoms with Crippen molar-refractivity contribution in [2.75, 3.05) is 4.43 Å². The minimum absolute atomic E-state index is 1.07. The van der Waals surface area contributed by atoms with E-state index in [1.165, 1.54) is 16.7 Å². The lowest BCUT2D eigenvalue weighted by atomic mass is 9.92. The number of hydrogen-bond donors (Lipinski definition) is 0. The van der Waals surface area contributed by atoms with E-state index in [0.29, 0.717) is 0 Å². The number of alkyl halides is 1. The van der Waals surface area contributed by atoms with Gasteiger partial charge in [0, 0.05) is 4.43 Å². The normalized spacial score (nSPS) is 19.1. The summed E-state index contributed by atoms with van der Waals surface area (Å²) in [6.07, 6.45) is 4.51. The fraction of sp³-hybridized carbons (Fsp3) is 0.333. The first kappa shape index (κ1) is 8.05. The van der Waals surface area contributed by atoms with Crippen molar-refractivity contribution < 1.29 is 0 Å². The van der Waals surface area contributed by atoms with E-state index in [-0.39, 0.29) is 0 Å². The minimum atomic E-state index is 1.07. The zero-order chi connectivity index (χ0) is 7.56. The fourth-order valence-electron chi connectivity index (χ4n) is 1.06. The molecule has 0 bridgehead atoms. The molecular weight excluding hydrogens is 235 g/mol. The SMILES string of the molecule is C=C1CCC=C(CI)C1=C. The fourth-order valence-corrected chi connectivity index (χ4v) is 1.83. The monoisotopic (exact) mass is 246 g/mol. The summed E-state index contributed by atoms with van der Waals surface area (Å²) in [7, 11) is 0. The molecule has 0 aromatic carbocycles. The molecule has 0 spiro atoms. The van der Waals surface area contributed by atoms with Gasteiger partial charge in [0.1, 0.15) is 0 Å². The number of halogens is 1. The highest BCUT2D eigenvalue weighted by molar-refractivity contribution is 14.1. The first-order chi connectivity index (χ1) is 4.75. The third-order valence-corrected chi connectivity index (χ3v) is 2.62. The van der Waals surface area contributed by atoms with Crippen LogP contribution in [-0.4, -0.2) is 4.43 Å². The molecule has 54 valence electrons. The van der Waals surface area contributed by atoms with Gasteiger partial charge in [0.05, 0.1) is 0 Å². The van der Waals surface area contributed by atoms with Gasteiger partial charge in [-0.1, -0.05) is 41.8 Å². The summed E-state index contributed by atoms with van der Waals surface area (Å²) < 4.78 is 1.07. The Bertz CT molecular complexity index is 199. The highest BCUT2D eigenvalue weighted by Gasteiger charge is 2.09. The Morgan fingerprint density at radius 2 is 2.20 bits per heavy atom. The molecule has 0 aliphatic heterocycles. The van der Waals surface area contributed by atoms with Crippen LogP contribution in [0.1, 0.15) is 12.8 Å².